The SMILES string of the molecule is CCC.CCC(C)=c1c(F)c(-c2ncc(F)c3sc(N)c(C#N)c23)c2c(/c1=C/N=C(C)N1CCC(C)C1)COC2.CCCCC. The summed E-state index contributed by atoms with van der Waals surface area (Å²) in [7, 11) is 0. The van der Waals surface area contributed by atoms with Gasteiger partial charge in [0.25, 0.3) is 0 Å². The minimum Gasteiger partial charge on any atom is -0.389 e. The van der Waals surface area contributed by atoms with E-state index in [1.54, 1.807) is 6.20 Å². The van der Waals surface area contributed by atoms with Gasteiger partial charge in [-0.2, -0.15) is 5.26 Å². The van der Waals surface area contributed by atoms with Gasteiger partial charge in [-0.3, -0.25) is 4.98 Å². The highest BCUT2D eigenvalue weighted by molar-refractivity contribution is 7.23. The van der Waals surface area contributed by atoms with E-state index in [0.717, 1.165) is 54.0 Å². The molecule has 3 aromatic rings. The molecule has 1 fully saturated rings. The number of benzene rings is 1. The summed E-state index contributed by atoms with van der Waals surface area (Å²) in [6.45, 7) is 19.2. The first-order chi connectivity index (χ1) is 21.6. The molecule has 0 bridgehead atoms. The quantitative estimate of drug-likeness (QED) is 0.224. The Balaban J connectivity index is 0.000000620. The zero-order valence-electron chi connectivity index (χ0n) is 28.2. The molecule has 1 saturated heterocycles. The van der Waals surface area contributed by atoms with Crippen molar-refractivity contribution in [2.75, 3.05) is 18.8 Å². The molecular weight excluding hydrogens is 588 g/mol. The Morgan fingerprint density at radius 2 is 1.84 bits per heavy atom. The van der Waals surface area contributed by atoms with Crippen molar-refractivity contribution in [3.8, 4) is 17.3 Å². The van der Waals surface area contributed by atoms with Crippen LogP contribution in [0.5, 0.6) is 0 Å². The van der Waals surface area contributed by atoms with E-state index < -0.39 is 11.6 Å². The molecule has 9 heteroatoms. The van der Waals surface area contributed by atoms with Crippen LogP contribution in [0.25, 0.3) is 33.1 Å². The van der Waals surface area contributed by atoms with Crippen LogP contribution in [0.1, 0.15) is 111 Å². The molecule has 2 aliphatic heterocycles. The number of pyridine rings is 1. The number of amidine groups is 1. The molecule has 6 nitrogen and oxygen atoms in total. The van der Waals surface area contributed by atoms with Crippen molar-refractivity contribution >= 4 is 44.0 Å². The van der Waals surface area contributed by atoms with Crippen molar-refractivity contribution in [2.24, 2.45) is 10.9 Å². The van der Waals surface area contributed by atoms with Gasteiger partial charge in [0.1, 0.15) is 22.7 Å². The van der Waals surface area contributed by atoms with Gasteiger partial charge in [0.15, 0.2) is 5.82 Å². The summed E-state index contributed by atoms with van der Waals surface area (Å²) >= 11 is 0.972. The normalized spacial score (nSPS) is 17.0. The molecule has 2 N–H and O–H groups in total. The molecule has 2 aliphatic rings. The smallest absolute Gasteiger partial charge is 0.159 e. The maximum atomic E-state index is 16.7. The third-order valence-corrected chi connectivity index (χ3v) is 9.19. The lowest BCUT2D eigenvalue weighted by Crippen LogP contribution is -2.35. The van der Waals surface area contributed by atoms with Gasteiger partial charge in [-0.1, -0.05) is 72.8 Å². The van der Waals surface area contributed by atoms with E-state index in [1.165, 1.54) is 25.7 Å². The summed E-state index contributed by atoms with van der Waals surface area (Å²) in [5.74, 6) is 0.463. The number of rotatable bonds is 5. The van der Waals surface area contributed by atoms with Crippen LogP contribution in [0, 0.1) is 28.9 Å². The zero-order valence-corrected chi connectivity index (χ0v) is 29.1. The molecule has 0 radical (unpaired) electrons. The van der Waals surface area contributed by atoms with Gasteiger partial charge in [-0.25, -0.2) is 13.8 Å². The van der Waals surface area contributed by atoms with Gasteiger partial charge >= 0.3 is 0 Å². The second-order valence-electron chi connectivity index (χ2n) is 11.9. The van der Waals surface area contributed by atoms with E-state index >= 15 is 4.39 Å². The Kier molecular flexibility index (Phi) is 13.5. The third-order valence-electron chi connectivity index (χ3n) is 8.16. The van der Waals surface area contributed by atoms with Crippen molar-refractivity contribution in [3.63, 3.8) is 0 Å². The molecule has 2 aromatic heterocycles. The summed E-state index contributed by atoms with van der Waals surface area (Å²) in [5, 5.41) is 11.3. The second kappa shape index (κ2) is 16.8. The van der Waals surface area contributed by atoms with E-state index in [2.05, 4.69) is 50.6 Å². The number of aliphatic imine (C=N–C) groups is 1. The molecule has 45 heavy (non-hydrogen) atoms. The standard InChI is InChI=1S/C28H29F2N5OS.C5H12.C3H8/c1-5-15(3)22-18(9-33-16(4)35-7-6-14(2)11-35)19-12-36-13-20(19)23(25(22)30)26-24-17(8-31)28(32)37-27(24)21(29)10-34-26;1-3-5-4-2;1-3-2/h9-10,14H,5-7,11-13,32H2,1-4H3;3-5H2,1-2H3;3H2,1-2H3/b18-9-,22-15?,33-16?;;. The van der Waals surface area contributed by atoms with Crippen molar-refractivity contribution in [3.05, 3.63) is 45.0 Å². The van der Waals surface area contributed by atoms with Crippen LogP contribution in [-0.2, 0) is 18.0 Å². The lowest BCUT2D eigenvalue weighted by Gasteiger charge is -2.17. The van der Waals surface area contributed by atoms with Gasteiger partial charge < -0.3 is 15.4 Å². The Morgan fingerprint density at radius 3 is 2.40 bits per heavy atom. The van der Waals surface area contributed by atoms with Crippen molar-refractivity contribution in [2.45, 2.75) is 107 Å². The maximum absolute atomic E-state index is 16.7. The number of nitrogens with two attached hydrogens (primary N) is 1. The van der Waals surface area contributed by atoms with Crippen LogP contribution in [0.3, 0.4) is 0 Å². The number of thiophene rings is 1. The molecule has 0 amide bonds. The number of halogens is 2. The first kappa shape index (κ1) is 36.1. The number of likely N-dealkylation sites (tertiary alicyclic amines) is 1. The molecule has 0 aliphatic carbocycles. The van der Waals surface area contributed by atoms with Crippen molar-refractivity contribution in [1.82, 2.24) is 9.88 Å². The van der Waals surface area contributed by atoms with E-state index in [1.807, 2.05) is 20.8 Å². The summed E-state index contributed by atoms with van der Waals surface area (Å²) < 4.78 is 37.3. The Hall–Kier alpha value is -3.35. The average molecular weight is 638 g/mol. The largest absolute Gasteiger partial charge is 0.389 e. The maximum Gasteiger partial charge on any atom is 0.159 e. The minimum absolute atomic E-state index is 0.113. The van der Waals surface area contributed by atoms with Gasteiger partial charge in [-0.15, -0.1) is 11.3 Å². The fourth-order valence-corrected chi connectivity index (χ4v) is 6.53. The molecular formula is C36H49F2N5OS. The number of aromatic nitrogens is 1. The number of nitrogens with zero attached hydrogens (tertiary/aromatic N) is 4. The monoisotopic (exact) mass is 637 g/mol. The van der Waals surface area contributed by atoms with Crippen LogP contribution in [-0.4, -0.2) is 28.8 Å². The van der Waals surface area contributed by atoms with Gasteiger partial charge in [-0.05, 0) is 43.7 Å². The van der Waals surface area contributed by atoms with Crippen LogP contribution in [0.2, 0.25) is 0 Å². The highest BCUT2D eigenvalue weighted by Crippen LogP contribution is 2.42. The topological polar surface area (TPSA) is 87.5 Å². The number of nitrogen functional groups attached to an aromatic ring is 1. The molecule has 1 aromatic carbocycles. The van der Waals surface area contributed by atoms with Gasteiger partial charge in [0.05, 0.1) is 35.4 Å². The van der Waals surface area contributed by atoms with E-state index in [9.17, 15) is 9.65 Å². The predicted octanol–water partition coefficient (Wildman–Crippen LogP) is 8.42. The number of hydrogen-bond donors (Lipinski definition) is 1. The fourth-order valence-electron chi connectivity index (χ4n) is 5.61. The Morgan fingerprint density at radius 1 is 1.18 bits per heavy atom. The summed E-state index contributed by atoms with van der Waals surface area (Å²) in [4.78, 5) is 11.3. The van der Waals surface area contributed by atoms with Gasteiger partial charge in [0.2, 0.25) is 0 Å². The minimum atomic E-state index is -0.590. The number of hydrogen-bond acceptors (Lipinski definition) is 6. The van der Waals surface area contributed by atoms with Crippen molar-refractivity contribution in [1.29, 1.82) is 5.26 Å². The zero-order chi connectivity index (χ0) is 33.3. The highest BCUT2D eigenvalue weighted by atomic mass is 32.1. The number of ether oxygens (including phenoxy) is 1. The third kappa shape index (κ3) is 7.90. The number of anilines is 1. The number of unbranched alkanes of at least 4 members (excludes halogenated alkanes) is 2. The Labute approximate surface area is 271 Å². The first-order valence-corrected chi connectivity index (χ1v) is 17.1. The van der Waals surface area contributed by atoms with Crippen LogP contribution in [0.15, 0.2) is 11.2 Å². The summed E-state index contributed by atoms with van der Waals surface area (Å²) in [6.07, 6.45) is 9.91. The molecule has 4 heterocycles. The van der Waals surface area contributed by atoms with E-state index in [-0.39, 0.29) is 38.5 Å². The fraction of sp³-hybridized carbons (Fsp3) is 0.528. The number of nitriles is 1. The van der Waals surface area contributed by atoms with Crippen molar-refractivity contribution < 1.29 is 13.5 Å². The van der Waals surface area contributed by atoms with E-state index in [4.69, 9.17) is 15.5 Å². The molecule has 5 rings (SSSR count). The molecule has 0 saturated carbocycles. The Bertz CT molecular complexity index is 1690. The lowest BCUT2D eigenvalue weighted by atomic mass is 9.92. The molecule has 244 valence electrons. The van der Waals surface area contributed by atoms with Crippen LogP contribution in [0.4, 0.5) is 13.8 Å². The molecule has 0 spiro atoms. The molecule has 1 atom stereocenters. The second-order valence-corrected chi connectivity index (χ2v) is 12.9. The predicted molar refractivity (Wildman–Crippen MR) is 185 cm³/mol. The summed E-state index contributed by atoms with van der Waals surface area (Å²) in [6, 6.07) is 2.06. The van der Waals surface area contributed by atoms with Crippen LogP contribution < -0.4 is 16.2 Å². The first-order valence-electron chi connectivity index (χ1n) is 16.3. The van der Waals surface area contributed by atoms with E-state index in [0.29, 0.717) is 34.9 Å². The highest BCUT2D eigenvalue weighted by Gasteiger charge is 2.28. The number of fused-ring (bicyclic) bond motifs is 2. The van der Waals surface area contributed by atoms with Gasteiger partial charge in [0, 0.05) is 40.7 Å². The summed E-state index contributed by atoms with van der Waals surface area (Å²) in [5.41, 5.74) is 8.94. The molecule has 1 unspecified atom stereocenters. The van der Waals surface area contributed by atoms with Crippen LogP contribution >= 0.6 is 11.3 Å². The average Bonchev–Trinajstić information content (AvgIpc) is 3.76. The lowest BCUT2D eigenvalue weighted by molar-refractivity contribution is 0.134.